The quantitative estimate of drug-likeness (QED) is 0.776. The van der Waals surface area contributed by atoms with Crippen molar-refractivity contribution in [2.75, 3.05) is 6.54 Å². The summed E-state index contributed by atoms with van der Waals surface area (Å²) in [7, 11) is 0. The molecule has 0 aliphatic rings. The Morgan fingerprint density at radius 2 is 2.40 bits per heavy atom. The summed E-state index contributed by atoms with van der Waals surface area (Å²) >= 11 is 0. The van der Waals surface area contributed by atoms with E-state index >= 15 is 0 Å². The third kappa shape index (κ3) is 2.34. The molecule has 4 heteroatoms. The number of aliphatic hydroxyl groups is 1. The molecule has 0 amide bonds. The zero-order valence-electron chi connectivity index (χ0n) is 8.72. The van der Waals surface area contributed by atoms with Crippen molar-refractivity contribution in [1.29, 1.82) is 0 Å². The van der Waals surface area contributed by atoms with Crippen LogP contribution in [0.15, 0.2) is 30.6 Å². The summed E-state index contributed by atoms with van der Waals surface area (Å²) in [6, 6.07) is 5.92. The average molecular weight is 205 g/mol. The molecule has 2 N–H and O–H groups in total. The molecule has 0 aromatic carbocycles. The monoisotopic (exact) mass is 205 g/mol. The minimum absolute atomic E-state index is 0.316. The molecule has 2 aromatic rings. The second-order valence-electron chi connectivity index (χ2n) is 3.66. The van der Waals surface area contributed by atoms with Crippen molar-refractivity contribution < 1.29 is 5.11 Å². The third-order valence-electron chi connectivity index (χ3n) is 2.24. The van der Waals surface area contributed by atoms with Crippen molar-refractivity contribution >= 4 is 5.65 Å². The zero-order valence-corrected chi connectivity index (χ0v) is 8.72. The van der Waals surface area contributed by atoms with E-state index in [2.05, 4.69) is 10.3 Å². The summed E-state index contributed by atoms with van der Waals surface area (Å²) in [5, 5.41) is 12.3. The lowest BCUT2D eigenvalue weighted by atomic mass is 10.4. The fourth-order valence-electron chi connectivity index (χ4n) is 1.52. The summed E-state index contributed by atoms with van der Waals surface area (Å²) in [4.78, 5) is 4.28. The van der Waals surface area contributed by atoms with Gasteiger partial charge in [0.1, 0.15) is 5.65 Å². The third-order valence-corrected chi connectivity index (χ3v) is 2.24. The van der Waals surface area contributed by atoms with Gasteiger partial charge in [-0.25, -0.2) is 4.98 Å². The molecule has 0 aliphatic carbocycles. The number of hydrogen-bond acceptors (Lipinski definition) is 3. The molecule has 2 rings (SSSR count). The van der Waals surface area contributed by atoms with E-state index in [0.29, 0.717) is 6.54 Å². The highest BCUT2D eigenvalue weighted by Gasteiger charge is 2.01. The van der Waals surface area contributed by atoms with Crippen LogP contribution in [0.4, 0.5) is 0 Å². The molecule has 0 saturated carbocycles. The first-order valence-electron chi connectivity index (χ1n) is 5.07. The standard InChI is InChI=1S/C11H15N3O/c1-9(15)6-12-7-10-8-13-11-4-2-3-5-14(10)11/h2-5,8-9,12,15H,6-7H2,1H3. The normalized spacial score (nSPS) is 13.2. The van der Waals surface area contributed by atoms with E-state index < -0.39 is 0 Å². The van der Waals surface area contributed by atoms with Gasteiger partial charge in [0.05, 0.1) is 18.0 Å². The molecule has 2 heterocycles. The fraction of sp³-hybridized carbons (Fsp3) is 0.364. The van der Waals surface area contributed by atoms with Gasteiger partial charge in [-0.3, -0.25) is 0 Å². The Kier molecular flexibility index (Phi) is 2.99. The summed E-state index contributed by atoms with van der Waals surface area (Å²) in [5.74, 6) is 0. The number of aromatic nitrogens is 2. The maximum atomic E-state index is 9.11. The molecule has 15 heavy (non-hydrogen) atoms. The first-order valence-corrected chi connectivity index (χ1v) is 5.07. The fourth-order valence-corrected chi connectivity index (χ4v) is 1.52. The summed E-state index contributed by atoms with van der Waals surface area (Å²) in [6.45, 7) is 3.08. The van der Waals surface area contributed by atoms with E-state index in [4.69, 9.17) is 5.11 Å². The Labute approximate surface area is 88.6 Å². The molecule has 0 saturated heterocycles. The van der Waals surface area contributed by atoms with Gasteiger partial charge in [-0.2, -0.15) is 0 Å². The Hall–Kier alpha value is -1.39. The highest BCUT2D eigenvalue weighted by atomic mass is 16.3. The smallest absolute Gasteiger partial charge is 0.136 e. The Morgan fingerprint density at radius 3 is 3.20 bits per heavy atom. The van der Waals surface area contributed by atoms with Crippen LogP contribution in [0.2, 0.25) is 0 Å². The molecule has 0 spiro atoms. The lowest BCUT2D eigenvalue weighted by molar-refractivity contribution is 0.191. The first-order chi connectivity index (χ1) is 7.27. The molecule has 0 bridgehead atoms. The van der Waals surface area contributed by atoms with Crippen molar-refractivity contribution in [1.82, 2.24) is 14.7 Å². The molecule has 4 nitrogen and oxygen atoms in total. The Balaban J connectivity index is 2.08. The van der Waals surface area contributed by atoms with E-state index in [-0.39, 0.29) is 6.10 Å². The zero-order chi connectivity index (χ0) is 10.7. The average Bonchev–Trinajstić information content (AvgIpc) is 2.62. The van der Waals surface area contributed by atoms with Gasteiger partial charge in [-0.05, 0) is 19.1 Å². The van der Waals surface area contributed by atoms with Gasteiger partial charge in [-0.15, -0.1) is 0 Å². The molecule has 0 radical (unpaired) electrons. The van der Waals surface area contributed by atoms with Gasteiger partial charge in [0.2, 0.25) is 0 Å². The summed E-state index contributed by atoms with van der Waals surface area (Å²) in [5.41, 5.74) is 2.05. The molecule has 0 aliphatic heterocycles. The van der Waals surface area contributed by atoms with Gasteiger partial charge in [0.25, 0.3) is 0 Å². The van der Waals surface area contributed by atoms with Crippen molar-refractivity contribution in [3.8, 4) is 0 Å². The van der Waals surface area contributed by atoms with Crippen LogP contribution < -0.4 is 5.32 Å². The number of fused-ring (bicyclic) bond motifs is 1. The van der Waals surface area contributed by atoms with Gasteiger partial charge in [-0.1, -0.05) is 6.07 Å². The van der Waals surface area contributed by atoms with Crippen LogP contribution in [0.1, 0.15) is 12.6 Å². The van der Waals surface area contributed by atoms with Crippen molar-refractivity contribution in [3.05, 3.63) is 36.3 Å². The summed E-state index contributed by atoms with van der Waals surface area (Å²) < 4.78 is 2.04. The van der Waals surface area contributed by atoms with E-state index in [1.54, 1.807) is 6.92 Å². The topological polar surface area (TPSA) is 49.6 Å². The molecule has 0 fully saturated rings. The van der Waals surface area contributed by atoms with Gasteiger partial charge in [0, 0.05) is 19.3 Å². The lowest BCUT2D eigenvalue weighted by Crippen LogP contribution is -2.24. The number of nitrogens with one attached hydrogen (secondary N) is 1. The molecular weight excluding hydrogens is 190 g/mol. The van der Waals surface area contributed by atoms with Crippen molar-refractivity contribution in [3.63, 3.8) is 0 Å². The number of rotatable bonds is 4. The van der Waals surface area contributed by atoms with Gasteiger partial charge < -0.3 is 14.8 Å². The van der Waals surface area contributed by atoms with Crippen LogP contribution in [-0.4, -0.2) is 27.1 Å². The second kappa shape index (κ2) is 4.42. The summed E-state index contributed by atoms with van der Waals surface area (Å²) in [6.07, 6.45) is 3.52. The Morgan fingerprint density at radius 1 is 1.53 bits per heavy atom. The maximum Gasteiger partial charge on any atom is 0.136 e. The van der Waals surface area contributed by atoms with Crippen LogP contribution in [-0.2, 0) is 6.54 Å². The van der Waals surface area contributed by atoms with Crippen LogP contribution in [0, 0.1) is 0 Å². The number of aliphatic hydroxyl groups excluding tert-OH is 1. The van der Waals surface area contributed by atoms with E-state index in [0.717, 1.165) is 17.9 Å². The second-order valence-corrected chi connectivity index (χ2v) is 3.66. The van der Waals surface area contributed by atoms with E-state index in [1.807, 2.05) is 35.0 Å². The number of imidazole rings is 1. The van der Waals surface area contributed by atoms with Crippen LogP contribution in [0.5, 0.6) is 0 Å². The number of nitrogens with zero attached hydrogens (tertiary/aromatic N) is 2. The highest BCUT2D eigenvalue weighted by molar-refractivity contribution is 5.39. The molecule has 2 aromatic heterocycles. The number of pyridine rings is 1. The predicted octanol–water partition coefficient (Wildman–Crippen LogP) is 0.805. The first kappa shape index (κ1) is 10.1. The largest absolute Gasteiger partial charge is 0.392 e. The molecule has 80 valence electrons. The van der Waals surface area contributed by atoms with Crippen LogP contribution in [0.25, 0.3) is 5.65 Å². The lowest BCUT2D eigenvalue weighted by Gasteiger charge is -2.06. The van der Waals surface area contributed by atoms with E-state index in [9.17, 15) is 0 Å². The van der Waals surface area contributed by atoms with Crippen LogP contribution >= 0.6 is 0 Å². The van der Waals surface area contributed by atoms with Crippen molar-refractivity contribution in [2.45, 2.75) is 19.6 Å². The number of hydrogen-bond donors (Lipinski definition) is 2. The minimum Gasteiger partial charge on any atom is -0.392 e. The maximum absolute atomic E-state index is 9.11. The van der Waals surface area contributed by atoms with Crippen LogP contribution in [0.3, 0.4) is 0 Å². The minimum atomic E-state index is -0.316. The molecule has 1 unspecified atom stereocenters. The van der Waals surface area contributed by atoms with Gasteiger partial charge >= 0.3 is 0 Å². The Bertz CT molecular complexity index is 436. The molecular formula is C11H15N3O. The van der Waals surface area contributed by atoms with Gasteiger partial charge in [0.15, 0.2) is 0 Å². The van der Waals surface area contributed by atoms with E-state index in [1.165, 1.54) is 0 Å². The van der Waals surface area contributed by atoms with Crippen molar-refractivity contribution in [2.24, 2.45) is 0 Å². The molecule has 1 atom stereocenters. The predicted molar refractivity (Wildman–Crippen MR) is 58.6 cm³/mol. The SMILES string of the molecule is CC(O)CNCc1cnc2ccccn12. The highest BCUT2D eigenvalue weighted by Crippen LogP contribution is 2.05.